The largest absolute Gasteiger partial charge is 0.508 e. The monoisotopic (exact) mass is 131 g/mol. The van der Waals surface area contributed by atoms with E-state index < -0.39 is 6.16 Å². The van der Waals surface area contributed by atoms with Crippen molar-refractivity contribution in [2.45, 2.75) is 20.3 Å². The van der Waals surface area contributed by atoms with Gasteiger partial charge in [-0.2, -0.15) is 0 Å². The maximum absolute atomic E-state index is 10.3. The second-order valence-electron chi connectivity index (χ2n) is 1.38. The number of carbonyl (C=O) groups excluding carboxylic acids is 1. The molecule has 0 saturated carbocycles. The fraction of sp³-hybridized carbons (Fsp3) is 0.667. The van der Waals surface area contributed by atoms with Crippen molar-refractivity contribution in [2.75, 3.05) is 6.61 Å². The van der Waals surface area contributed by atoms with Gasteiger partial charge in [-0.1, -0.05) is 6.92 Å². The summed E-state index contributed by atoms with van der Waals surface area (Å²) < 4.78 is 8.90. The van der Waals surface area contributed by atoms with Crippen LogP contribution in [0.25, 0.3) is 0 Å². The van der Waals surface area contributed by atoms with E-state index in [-0.39, 0.29) is 0 Å². The maximum atomic E-state index is 10.3. The average Bonchev–Trinajstić information content (AvgIpc) is 1.85. The van der Waals surface area contributed by atoms with E-state index in [0.29, 0.717) is 13.0 Å². The summed E-state index contributed by atoms with van der Waals surface area (Å²) in [6.07, 6.45) is 0.0816. The van der Waals surface area contributed by atoms with Gasteiger partial charge in [0, 0.05) is 0 Å². The van der Waals surface area contributed by atoms with E-state index in [1.165, 1.54) is 6.61 Å². The molecular weight excluding hydrogens is 120 g/mol. The van der Waals surface area contributed by atoms with Gasteiger partial charge in [-0.3, -0.25) is 0 Å². The smallest absolute Gasteiger partial charge is 0.435 e. The number of hydrogen-bond donors (Lipinski definition) is 0. The zero-order valence-corrected chi connectivity index (χ0v) is 5.72. The Labute approximate surface area is 55.0 Å². The van der Waals surface area contributed by atoms with E-state index >= 15 is 0 Å². The van der Waals surface area contributed by atoms with E-state index in [2.05, 4.69) is 9.47 Å². The highest BCUT2D eigenvalue weighted by atomic mass is 16.7. The van der Waals surface area contributed by atoms with E-state index in [4.69, 9.17) is 0 Å². The summed E-state index contributed by atoms with van der Waals surface area (Å²) in [5.74, 6) is 0. The molecule has 0 N–H and O–H groups in total. The zero-order chi connectivity index (χ0) is 7.11. The van der Waals surface area contributed by atoms with Crippen molar-refractivity contribution in [3.63, 3.8) is 0 Å². The van der Waals surface area contributed by atoms with Crippen molar-refractivity contribution in [1.82, 2.24) is 0 Å². The van der Waals surface area contributed by atoms with Crippen LogP contribution in [0.1, 0.15) is 20.3 Å². The minimum Gasteiger partial charge on any atom is -0.435 e. The van der Waals surface area contributed by atoms with Crippen molar-refractivity contribution >= 4 is 6.16 Å². The summed E-state index contributed by atoms with van der Waals surface area (Å²) in [5, 5.41) is 0. The maximum Gasteiger partial charge on any atom is 0.508 e. The van der Waals surface area contributed by atoms with Crippen LogP contribution in [0.15, 0.2) is 0 Å². The van der Waals surface area contributed by atoms with Crippen LogP contribution in [0.3, 0.4) is 0 Å². The summed E-state index contributed by atoms with van der Waals surface area (Å²) in [7, 11) is 0. The zero-order valence-electron chi connectivity index (χ0n) is 5.72. The Hall–Kier alpha value is -0.730. The molecule has 0 amide bonds. The fourth-order valence-corrected chi connectivity index (χ4v) is 0.303. The van der Waals surface area contributed by atoms with Crippen LogP contribution in [0.4, 0.5) is 4.79 Å². The third-order valence-corrected chi connectivity index (χ3v) is 0.608. The Bertz CT molecular complexity index is 80.4. The lowest BCUT2D eigenvalue weighted by molar-refractivity contribution is 0.0770. The molecular formula is C6H11O3. The van der Waals surface area contributed by atoms with Crippen LogP contribution in [0.5, 0.6) is 0 Å². The molecule has 0 aliphatic heterocycles. The molecule has 0 bridgehead atoms. The van der Waals surface area contributed by atoms with Crippen LogP contribution >= 0.6 is 0 Å². The van der Waals surface area contributed by atoms with Crippen LogP contribution in [0.2, 0.25) is 0 Å². The van der Waals surface area contributed by atoms with Crippen LogP contribution in [-0.4, -0.2) is 12.8 Å². The summed E-state index contributed by atoms with van der Waals surface area (Å²) in [5.41, 5.74) is 0. The third-order valence-electron chi connectivity index (χ3n) is 0.608. The van der Waals surface area contributed by atoms with E-state index in [0.717, 1.165) is 0 Å². The average molecular weight is 131 g/mol. The lowest BCUT2D eigenvalue weighted by Crippen LogP contribution is -2.04. The molecule has 3 nitrogen and oxygen atoms in total. The number of rotatable bonds is 3. The molecule has 0 rings (SSSR count). The van der Waals surface area contributed by atoms with Gasteiger partial charge >= 0.3 is 6.16 Å². The molecule has 3 heteroatoms. The summed E-state index contributed by atoms with van der Waals surface area (Å²) in [4.78, 5) is 10.3. The first-order valence-corrected chi connectivity index (χ1v) is 2.96. The second kappa shape index (κ2) is 5.41. The van der Waals surface area contributed by atoms with Gasteiger partial charge in [0.15, 0.2) is 0 Å². The molecule has 0 atom stereocenters. The van der Waals surface area contributed by atoms with Gasteiger partial charge in [-0.15, -0.1) is 0 Å². The highest BCUT2D eigenvalue weighted by Crippen LogP contribution is 1.90. The molecule has 0 fully saturated rings. The SMILES string of the molecule is CC[CH]OC(=O)OCC. The summed E-state index contributed by atoms with van der Waals surface area (Å²) in [6.45, 7) is 5.36. The Morgan fingerprint density at radius 1 is 1.56 bits per heavy atom. The van der Waals surface area contributed by atoms with Crippen molar-refractivity contribution < 1.29 is 14.3 Å². The third kappa shape index (κ3) is 5.14. The standard InChI is InChI=1S/C6H11O3/c1-3-5-9-6(7)8-4-2/h5H,3-4H2,1-2H3. The Morgan fingerprint density at radius 3 is 2.67 bits per heavy atom. The first-order chi connectivity index (χ1) is 4.31. The van der Waals surface area contributed by atoms with E-state index in [1.807, 2.05) is 6.92 Å². The molecule has 0 aliphatic rings. The van der Waals surface area contributed by atoms with Gasteiger partial charge in [0.1, 0.15) is 6.61 Å². The molecule has 0 aromatic rings. The van der Waals surface area contributed by atoms with Gasteiger partial charge in [0.05, 0.1) is 6.61 Å². The number of carbonyl (C=O) groups is 1. The van der Waals surface area contributed by atoms with Gasteiger partial charge in [-0.25, -0.2) is 4.79 Å². The topological polar surface area (TPSA) is 35.5 Å². The molecule has 0 aromatic carbocycles. The molecule has 0 aromatic heterocycles. The first-order valence-electron chi connectivity index (χ1n) is 2.96. The lowest BCUT2D eigenvalue weighted by Gasteiger charge is -1.99. The molecule has 0 aliphatic carbocycles. The Balaban J connectivity index is 3.06. The molecule has 0 unspecified atom stereocenters. The highest BCUT2D eigenvalue weighted by molar-refractivity contribution is 5.60. The minimum atomic E-state index is -0.626. The lowest BCUT2D eigenvalue weighted by atomic mass is 10.5. The van der Waals surface area contributed by atoms with Gasteiger partial charge in [0.25, 0.3) is 0 Å². The number of ether oxygens (including phenoxy) is 2. The molecule has 9 heavy (non-hydrogen) atoms. The highest BCUT2D eigenvalue weighted by Gasteiger charge is 1.98. The van der Waals surface area contributed by atoms with Crippen LogP contribution in [0, 0.1) is 6.61 Å². The Kier molecular flexibility index (Phi) is 4.97. The normalized spacial score (nSPS) is 8.67. The summed E-state index contributed by atoms with van der Waals surface area (Å²) in [6, 6.07) is 0. The van der Waals surface area contributed by atoms with Crippen LogP contribution < -0.4 is 0 Å². The van der Waals surface area contributed by atoms with Crippen LogP contribution in [-0.2, 0) is 9.47 Å². The van der Waals surface area contributed by atoms with Crippen molar-refractivity contribution in [1.29, 1.82) is 0 Å². The van der Waals surface area contributed by atoms with Crippen molar-refractivity contribution in [3.8, 4) is 0 Å². The molecule has 0 heterocycles. The fourth-order valence-electron chi connectivity index (χ4n) is 0.303. The molecule has 0 spiro atoms. The second-order valence-corrected chi connectivity index (χ2v) is 1.38. The van der Waals surface area contributed by atoms with Gasteiger partial charge < -0.3 is 9.47 Å². The molecule has 1 radical (unpaired) electrons. The quantitative estimate of drug-likeness (QED) is 0.547. The van der Waals surface area contributed by atoms with Gasteiger partial charge in [-0.05, 0) is 13.3 Å². The predicted molar refractivity (Wildman–Crippen MR) is 32.7 cm³/mol. The summed E-state index contributed by atoms with van der Waals surface area (Å²) >= 11 is 0. The van der Waals surface area contributed by atoms with Crippen molar-refractivity contribution in [2.24, 2.45) is 0 Å². The Morgan fingerprint density at radius 2 is 2.22 bits per heavy atom. The molecule has 0 saturated heterocycles. The number of hydrogen-bond acceptors (Lipinski definition) is 3. The van der Waals surface area contributed by atoms with E-state index in [1.54, 1.807) is 6.92 Å². The minimum absolute atomic E-state index is 0.358. The predicted octanol–water partition coefficient (Wildman–Crippen LogP) is 1.73. The first kappa shape index (κ1) is 8.27. The van der Waals surface area contributed by atoms with Gasteiger partial charge in [0.2, 0.25) is 0 Å². The van der Waals surface area contributed by atoms with E-state index in [9.17, 15) is 4.79 Å². The molecule has 53 valence electrons. The van der Waals surface area contributed by atoms with Crippen molar-refractivity contribution in [3.05, 3.63) is 6.61 Å².